The Bertz CT molecular complexity index is 703. The van der Waals surface area contributed by atoms with Crippen LogP contribution in [0.25, 0.3) is 11.5 Å². The van der Waals surface area contributed by atoms with Crippen LogP contribution in [0, 0.1) is 0 Å². The summed E-state index contributed by atoms with van der Waals surface area (Å²) in [6.45, 7) is 0.960. The van der Waals surface area contributed by atoms with Crippen molar-refractivity contribution in [3.05, 3.63) is 18.2 Å². The normalized spacial score (nSPS) is 19.2. The number of hydrogen-bond donors (Lipinski definition) is 0. The molecule has 1 aliphatic heterocycles. The van der Waals surface area contributed by atoms with Gasteiger partial charge in [0.25, 0.3) is 5.89 Å². The number of halogens is 3. The Hall–Kier alpha value is -1.98. The maximum atomic E-state index is 12.1. The Morgan fingerprint density at radius 3 is 2.96 bits per heavy atom. The van der Waals surface area contributed by atoms with Gasteiger partial charge in [0, 0.05) is 32.9 Å². The first-order valence-corrected chi connectivity index (χ1v) is 8.21. The van der Waals surface area contributed by atoms with E-state index < -0.39 is 12.8 Å². The summed E-state index contributed by atoms with van der Waals surface area (Å²) in [6.07, 6.45) is -0.427. The second-order valence-electron chi connectivity index (χ2n) is 6.01. The maximum Gasteiger partial charge on any atom is 0.411 e. The molecule has 0 bridgehead atoms. The van der Waals surface area contributed by atoms with E-state index in [1.165, 1.54) is 0 Å². The molecule has 3 heterocycles. The summed E-state index contributed by atoms with van der Waals surface area (Å²) in [4.78, 5) is 6.48. The number of nitrogens with zero attached hydrogens (tertiary/aromatic N) is 5. The highest BCUT2D eigenvalue weighted by Gasteiger charge is 2.30. The molecule has 0 aliphatic carbocycles. The molecule has 8 nitrogen and oxygen atoms in total. The van der Waals surface area contributed by atoms with Crippen molar-refractivity contribution in [2.24, 2.45) is 7.05 Å². The summed E-state index contributed by atoms with van der Waals surface area (Å²) < 4.78 is 53.3. The molecule has 0 aromatic carbocycles. The molecule has 26 heavy (non-hydrogen) atoms. The molecule has 0 N–H and O–H groups in total. The molecule has 2 aromatic heterocycles. The van der Waals surface area contributed by atoms with Crippen LogP contribution in [0.5, 0.6) is 0 Å². The molecule has 3 rings (SSSR count). The molecule has 144 valence electrons. The van der Waals surface area contributed by atoms with Gasteiger partial charge in [0.1, 0.15) is 6.61 Å². The zero-order valence-electron chi connectivity index (χ0n) is 14.3. The minimum Gasteiger partial charge on any atom is -0.378 e. The molecular formula is C15H20F3N5O3. The first-order valence-electron chi connectivity index (χ1n) is 8.21. The summed E-state index contributed by atoms with van der Waals surface area (Å²) in [5.74, 6) is 0.854. The average Bonchev–Trinajstić information content (AvgIpc) is 3.23. The van der Waals surface area contributed by atoms with Gasteiger partial charge in [0.2, 0.25) is 0 Å². The van der Waals surface area contributed by atoms with Gasteiger partial charge in [0.05, 0.1) is 31.0 Å². The summed E-state index contributed by atoms with van der Waals surface area (Å²) >= 11 is 0. The Labute approximate surface area is 147 Å². The van der Waals surface area contributed by atoms with E-state index in [0.717, 1.165) is 5.56 Å². The first-order chi connectivity index (χ1) is 12.4. The monoisotopic (exact) mass is 375 g/mol. The summed E-state index contributed by atoms with van der Waals surface area (Å²) in [5, 5.41) is 8.09. The highest BCUT2D eigenvalue weighted by atomic mass is 19.4. The largest absolute Gasteiger partial charge is 0.411 e. The van der Waals surface area contributed by atoms with Gasteiger partial charge in [-0.1, -0.05) is 5.16 Å². The molecule has 0 saturated carbocycles. The molecular weight excluding hydrogens is 355 g/mol. The zero-order chi connectivity index (χ0) is 18.6. The van der Waals surface area contributed by atoms with Gasteiger partial charge >= 0.3 is 6.18 Å². The number of ether oxygens (including phenoxy) is 2. The van der Waals surface area contributed by atoms with Crippen LogP contribution in [0.15, 0.2) is 16.9 Å². The van der Waals surface area contributed by atoms with Gasteiger partial charge in [-0.2, -0.15) is 23.3 Å². The number of aryl methyl sites for hydroxylation is 1. The third-order valence-corrected chi connectivity index (χ3v) is 3.93. The molecule has 1 aliphatic rings. The number of aromatic nitrogens is 4. The van der Waals surface area contributed by atoms with Crippen molar-refractivity contribution in [2.75, 3.05) is 39.5 Å². The van der Waals surface area contributed by atoms with Crippen molar-refractivity contribution >= 4 is 0 Å². The van der Waals surface area contributed by atoms with Crippen molar-refractivity contribution in [1.29, 1.82) is 0 Å². The van der Waals surface area contributed by atoms with Crippen molar-refractivity contribution in [3.8, 4) is 11.5 Å². The van der Waals surface area contributed by atoms with Gasteiger partial charge in [-0.3, -0.25) is 9.58 Å². The van der Waals surface area contributed by atoms with Crippen LogP contribution in [0.4, 0.5) is 13.2 Å². The van der Waals surface area contributed by atoms with Gasteiger partial charge in [-0.15, -0.1) is 0 Å². The van der Waals surface area contributed by atoms with E-state index in [9.17, 15) is 13.2 Å². The predicted octanol–water partition coefficient (Wildman–Crippen LogP) is 1.81. The van der Waals surface area contributed by atoms with Crippen LogP contribution < -0.4 is 0 Å². The Morgan fingerprint density at radius 2 is 2.23 bits per heavy atom. The van der Waals surface area contributed by atoms with Crippen LogP contribution in [-0.4, -0.2) is 70.5 Å². The van der Waals surface area contributed by atoms with Crippen LogP contribution >= 0.6 is 0 Å². The molecule has 1 unspecified atom stereocenters. The Balaban J connectivity index is 1.56. The highest BCUT2D eigenvalue weighted by molar-refractivity contribution is 5.49. The van der Waals surface area contributed by atoms with Crippen molar-refractivity contribution in [2.45, 2.75) is 18.6 Å². The average molecular weight is 375 g/mol. The quantitative estimate of drug-likeness (QED) is 0.683. The van der Waals surface area contributed by atoms with Gasteiger partial charge < -0.3 is 14.0 Å². The van der Waals surface area contributed by atoms with Gasteiger partial charge in [-0.05, 0) is 6.42 Å². The molecule has 0 radical (unpaired) electrons. The van der Waals surface area contributed by atoms with Crippen molar-refractivity contribution in [1.82, 2.24) is 24.8 Å². The number of alkyl halides is 3. The van der Waals surface area contributed by atoms with Crippen LogP contribution in [0.1, 0.15) is 18.3 Å². The van der Waals surface area contributed by atoms with Gasteiger partial charge in [0.15, 0.2) is 5.82 Å². The lowest BCUT2D eigenvalue weighted by molar-refractivity contribution is -0.174. The van der Waals surface area contributed by atoms with E-state index >= 15 is 0 Å². The molecule has 1 fully saturated rings. The van der Waals surface area contributed by atoms with Crippen molar-refractivity contribution in [3.63, 3.8) is 0 Å². The van der Waals surface area contributed by atoms with E-state index in [-0.39, 0.29) is 12.6 Å². The lowest BCUT2D eigenvalue weighted by Crippen LogP contribution is -2.40. The van der Waals surface area contributed by atoms with E-state index in [4.69, 9.17) is 9.26 Å². The fourth-order valence-electron chi connectivity index (χ4n) is 2.72. The molecule has 1 saturated heterocycles. The lowest BCUT2D eigenvalue weighted by Gasteiger charge is -2.33. The minimum absolute atomic E-state index is 0.0385. The van der Waals surface area contributed by atoms with Crippen LogP contribution in [0.2, 0.25) is 0 Å². The third-order valence-electron chi connectivity index (χ3n) is 3.93. The number of hydrogen-bond acceptors (Lipinski definition) is 7. The fraction of sp³-hybridized carbons (Fsp3) is 0.667. The molecule has 0 amide bonds. The van der Waals surface area contributed by atoms with Crippen LogP contribution in [0.3, 0.4) is 0 Å². The van der Waals surface area contributed by atoms with Gasteiger partial charge in [-0.25, -0.2) is 0 Å². The van der Waals surface area contributed by atoms with Crippen molar-refractivity contribution < 1.29 is 27.2 Å². The molecule has 0 spiro atoms. The summed E-state index contributed by atoms with van der Waals surface area (Å²) in [5.41, 5.74) is 0.718. The molecule has 1 atom stereocenters. The van der Waals surface area contributed by atoms with E-state index in [2.05, 4.69) is 24.9 Å². The minimum atomic E-state index is -4.30. The SMILES string of the molecule is Cn1cc(-c2nc(C3COCCN3CCCOCC(F)(F)F)no2)cn1. The first kappa shape index (κ1) is 18.8. The highest BCUT2D eigenvalue weighted by Crippen LogP contribution is 2.25. The number of rotatable bonds is 7. The second-order valence-corrected chi connectivity index (χ2v) is 6.01. The smallest absolute Gasteiger partial charge is 0.378 e. The van der Waals surface area contributed by atoms with E-state index in [0.29, 0.717) is 44.4 Å². The molecule has 11 heteroatoms. The Kier molecular flexibility index (Phi) is 5.89. The lowest BCUT2D eigenvalue weighted by atomic mass is 10.2. The number of morpholine rings is 1. The maximum absolute atomic E-state index is 12.1. The van der Waals surface area contributed by atoms with E-state index in [1.54, 1.807) is 24.1 Å². The summed E-state index contributed by atoms with van der Waals surface area (Å²) in [7, 11) is 1.79. The van der Waals surface area contributed by atoms with E-state index in [1.807, 2.05) is 0 Å². The standard InChI is InChI=1S/C15H20F3N5O3/c1-22-8-11(7-19-22)14-20-13(21-26-14)12-9-24-6-4-23(12)3-2-5-25-10-15(16,17)18/h7-8,12H,2-6,9-10H2,1H3. The van der Waals surface area contributed by atoms with Crippen LogP contribution in [-0.2, 0) is 16.5 Å². The topological polar surface area (TPSA) is 78.4 Å². The second kappa shape index (κ2) is 8.14. The fourth-order valence-corrected chi connectivity index (χ4v) is 2.72. The zero-order valence-corrected chi connectivity index (χ0v) is 14.3. The predicted molar refractivity (Wildman–Crippen MR) is 83.1 cm³/mol. The Morgan fingerprint density at radius 1 is 1.38 bits per heavy atom. The third kappa shape index (κ3) is 5.02. The molecule has 2 aromatic rings. The summed E-state index contributed by atoms with van der Waals surface area (Å²) in [6, 6.07) is -0.208.